The van der Waals surface area contributed by atoms with Gasteiger partial charge in [-0.1, -0.05) is 42.3 Å². The molecule has 0 fully saturated rings. The van der Waals surface area contributed by atoms with E-state index in [-0.39, 0.29) is 6.04 Å². The van der Waals surface area contributed by atoms with Crippen LogP contribution in [0, 0.1) is 6.92 Å². The Bertz CT molecular complexity index is 599. The van der Waals surface area contributed by atoms with Gasteiger partial charge in [-0.05, 0) is 55.1 Å². The van der Waals surface area contributed by atoms with E-state index in [2.05, 4.69) is 30.2 Å². The van der Waals surface area contributed by atoms with Crippen LogP contribution in [0.3, 0.4) is 0 Å². The third-order valence-corrected chi connectivity index (χ3v) is 3.97. The number of aromatic nitrogens is 1. The summed E-state index contributed by atoms with van der Waals surface area (Å²) in [6.07, 6.45) is 5.70. The molecule has 1 aromatic carbocycles. The predicted octanol–water partition coefficient (Wildman–Crippen LogP) is 4.98. The Hall–Kier alpha value is -1.09. The summed E-state index contributed by atoms with van der Waals surface area (Å²) in [5.74, 6) is 0. The minimum Gasteiger partial charge on any atom is -0.310 e. The minimum absolute atomic E-state index is 0.205. The number of hydrogen-bond donors (Lipinski definition) is 1. The van der Waals surface area contributed by atoms with Crippen LogP contribution in [0.2, 0.25) is 10.0 Å². The first-order chi connectivity index (χ1) is 10.1. The van der Waals surface area contributed by atoms with Crippen LogP contribution in [0.1, 0.15) is 36.1 Å². The van der Waals surface area contributed by atoms with Crippen LogP contribution >= 0.6 is 23.2 Å². The fourth-order valence-electron chi connectivity index (χ4n) is 2.30. The van der Waals surface area contributed by atoms with Crippen molar-refractivity contribution >= 4 is 23.2 Å². The largest absolute Gasteiger partial charge is 0.310 e. The van der Waals surface area contributed by atoms with E-state index in [1.54, 1.807) is 6.07 Å². The molecular weight excluding hydrogens is 303 g/mol. The molecule has 0 aliphatic heterocycles. The molecule has 0 aliphatic carbocycles. The van der Waals surface area contributed by atoms with E-state index in [0.29, 0.717) is 10.0 Å². The number of hydrogen-bond acceptors (Lipinski definition) is 2. The van der Waals surface area contributed by atoms with Crippen LogP contribution in [0.25, 0.3) is 0 Å². The van der Waals surface area contributed by atoms with Crippen molar-refractivity contribution in [3.8, 4) is 0 Å². The Morgan fingerprint density at radius 2 is 2.00 bits per heavy atom. The van der Waals surface area contributed by atoms with Gasteiger partial charge in [0.05, 0.1) is 0 Å². The molecule has 0 saturated heterocycles. The van der Waals surface area contributed by atoms with E-state index in [4.69, 9.17) is 23.2 Å². The molecular formula is C17H20Cl2N2. The van der Waals surface area contributed by atoms with E-state index in [1.165, 1.54) is 5.56 Å². The lowest BCUT2D eigenvalue weighted by Gasteiger charge is -2.20. The normalized spacial score (nSPS) is 12.4. The Balaban J connectivity index is 2.23. The van der Waals surface area contributed by atoms with Crippen molar-refractivity contribution in [3.63, 3.8) is 0 Å². The van der Waals surface area contributed by atoms with E-state index in [9.17, 15) is 0 Å². The van der Waals surface area contributed by atoms with Gasteiger partial charge in [0.15, 0.2) is 0 Å². The molecule has 112 valence electrons. The first-order valence-electron chi connectivity index (χ1n) is 7.19. The molecule has 21 heavy (non-hydrogen) atoms. The van der Waals surface area contributed by atoms with Gasteiger partial charge in [-0.2, -0.15) is 0 Å². The summed E-state index contributed by atoms with van der Waals surface area (Å²) >= 11 is 12.3. The zero-order chi connectivity index (χ0) is 15.2. The van der Waals surface area contributed by atoms with Crippen molar-refractivity contribution < 1.29 is 0 Å². The van der Waals surface area contributed by atoms with Gasteiger partial charge in [-0.25, -0.2) is 0 Å². The van der Waals surface area contributed by atoms with Gasteiger partial charge in [0.2, 0.25) is 0 Å². The van der Waals surface area contributed by atoms with Crippen molar-refractivity contribution in [1.29, 1.82) is 0 Å². The molecule has 1 heterocycles. The third kappa shape index (κ3) is 4.70. The fourth-order valence-corrected chi connectivity index (χ4v) is 2.79. The molecule has 0 amide bonds. The summed E-state index contributed by atoms with van der Waals surface area (Å²) in [5.41, 5.74) is 3.45. The highest BCUT2D eigenvalue weighted by Gasteiger charge is 2.14. The van der Waals surface area contributed by atoms with Gasteiger partial charge in [0.1, 0.15) is 0 Å². The summed E-state index contributed by atoms with van der Waals surface area (Å²) < 4.78 is 0. The molecule has 0 radical (unpaired) electrons. The minimum atomic E-state index is 0.205. The molecule has 0 saturated carbocycles. The molecule has 1 N–H and O–H groups in total. The fraction of sp³-hybridized carbons (Fsp3) is 0.353. The molecule has 1 unspecified atom stereocenters. The van der Waals surface area contributed by atoms with E-state index >= 15 is 0 Å². The first-order valence-corrected chi connectivity index (χ1v) is 7.94. The van der Waals surface area contributed by atoms with Crippen LogP contribution in [-0.2, 0) is 6.42 Å². The topological polar surface area (TPSA) is 24.9 Å². The summed E-state index contributed by atoms with van der Waals surface area (Å²) in [6, 6.07) is 8.05. The maximum Gasteiger partial charge on any atom is 0.0453 e. The first kappa shape index (κ1) is 16.3. The molecule has 2 nitrogen and oxygen atoms in total. The van der Waals surface area contributed by atoms with Crippen molar-refractivity contribution in [3.05, 3.63) is 63.4 Å². The number of benzene rings is 1. The number of pyridine rings is 1. The van der Waals surface area contributed by atoms with Crippen molar-refractivity contribution in [1.82, 2.24) is 10.3 Å². The number of aryl methyl sites for hydroxylation is 1. The zero-order valence-electron chi connectivity index (χ0n) is 12.4. The van der Waals surface area contributed by atoms with Gasteiger partial charge >= 0.3 is 0 Å². The van der Waals surface area contributed by atoms with E-state index in [1.807, 2.05) is 24.5 Å². The van der Waals surface area contributed by atoms with Crippen molar-refractivity contribution in [2.75, 3.05) is 6.54 Å². The van der Waals surface area contributed by atoms with Gasteiger partial charge in [0, 0.05) is 28.5 Å². The number of nitrogens with zero attached hydrogens (tertiary/aromatic N) is 1. The molecule has 0 aliphatic rings. The highest BCUT2D eigenvalue weighted by molar-refractivity contribution is 6.35. The lowest BCUT2D eigenvalue weighted by atomic mass is 9.99. The highest BCUT2D eigenvalue weighted by atomic mass is 35.5. The van der Waals surface area contributed by atoms with E-state index < -0.39 is 0 Å². The number of rotatable bonds is 6. The third-order valence-electron chi connectivity index (χ3n) is 3.38. The number of halogens is 2. The standard InChI is InChI=1S/C17H20Cl2N2/c1-3-6-21-17(14-7-12(2)10-20-11-14)8-13-4-5-15(18)9-16(13)19/h4-5,7,9-11,17,21H,3,6,8H2,1-2H3. The molecule has 0 bridgehead atoms. The monoisotopic (exact) mass is 322 g/mol. The summed E-state index contributed by atoms with van der Waals surface area (Å²) in [7, 11) is 0. The van der Waals surface area contributed by atoms with Gasteiger partial charge in [0.25, 0.3) is 0 Å². The summed E-state index contributed by atoms with van der Waals surface area (Å²) in [5, 5.41) is 4.95. The maximum atomic E-state index is 6.30. The maximum absolute atomic E-state index is 6.30. The van der Waals surface area contributed by atoms with Crippen LogP contribution in [0.5, 0.6) is 0 Å². The Morgan fingerprint density at radius 3 is 2.67 bits per heavy atom. The van der Waals surface area contributed by atoms with Crippen LogP contribution in [0.4, 0.5) is 0 Å². The molecule has 2 rings (SSSR count). The van der Waals surface area contributed by atoms with Gasteiger partial charge in [-0.3, -0.25) is 4.98 Å². The zero-order valence-corrected chi connectivity index (χ0v) is 13.9. The summed E-state index contributed by atoms with van der Waals surface area (Å²) in [4.78, 5) is 4.30. The molecule has 1 atom stereocenters. The molecule has 4 heteroatoms. The SMILES string of the molecule is CCCNC(Cc1ccc(Cl)cc1Cl)c1cncc(C)c1. The predicted molar refractivity (Wildman–Crippen MR) is 90.2 cm³/mol. The highest BCUT2D eigenvalue weighted by Crippen LogP contribution is 2.26. The Morgan fingerprint density at radius 1 is 1.19 bits per heavy atom. The molecule has 0 spiro atoms. The smallest absolute Gasteiger partial charge is 0.0453 e. The van der Waals surface area contributed by atoms with Crippen LogP contribution in [-0.4, -0.2) is 11.5 Å². The Labute approximate surface area is 136 Å². The average Bonchev–Trinajstić information content (AvgIpc) is 2.45. The quantitative estimate of drug-likeness (QED) is 0.811. The summed E-state index contributed by atoms with van der Waals surface area (Å²) in [6.45, 7) is 5.18. The van der Waals surface area contributed by atoms with Crippen molar-refractivity contribution in [2.45, 2.75) is 32.7 Å². The Kier molecular flexibility index (Phi) is 6.04. The van der Waals surface area contributed by atoms with Gasteiger partial charge < -0.3 is 5.32 Å². The number of nitrogens with one attached hydrogen (secondary N) is 1. The second-order valence-electron chi connectivity index (χ2n) is 5.24. The second-order valence-corrected chi connectivity index (χ2v) is 6.09. The lowest BCUT2D eigenvalue weighted by Crippen LogP contribution is -2.24. The van der Waals surface area contributed by atoms with Crippen molar-refractivity contribution in [2.24, 2.45) is 0 Å². The van der Waals surface area contributed by atoms with Gasteiger partial charge in [-0.15, -0.1) is 0 Å². The lowest BCUT2D eigenvalue weighted by molar-refractivity contribution is 0.527. The van der Waals surface area contributed by atoms with E-state index in [0.717, 1.165) is 30.5 Å². The second kappa shape index (κ2) is 7.79. The molecule has 1 aromatic heterocycles. The molecule has 2 aromatic rings. The van der Waals surface area contributed by atoms with Crippen LogP contribution < -0.4 is 5.32 Å². The average molecular weight is 323 g/mol. The van der Waals surface area contributed by atoms with Crippen LogP contribution in [0.15, 0.2) is 36.7 Å².